The number of fused-ring (bicyclic) bond motifs is 1. The first-order chi connectivity index (χ1) is 12.7. The van der Waals surface area contributed by atoms with Crippen LogP contribution in [-0.2, 0) is 0 Å². The molecule has 0 bridgehead atoms. The maximum absolute atomic E-state index is 5.96. The first-order valence-corrected chi connectivity index (χ1v) is 8.10. The van der Waals surface area contributed by atoms with Crippen LogP contribution in [0.15, 0.2) is 43.0 Å². The van der Waals surface area contributed by atoms with Gasteiger partial charge in [-0.3, -0.25) is 5.10 Å². The molecule has 0 saturated carbocycles. The number of benzene rings is 1. The van der Waals surface area contributed by atoms with Gasteiger partial charge >= 0.3 is 0 Å². The van der Waals surface area contributed by atoms with E-state index < -0.39 is 0 Å². The Hall–Kier alpha value is -3.48. The Balaban J connectivity index is 1.75. The molecular weight excluding hydrogens is 330 g/mol. The number of hydrogen-bond acceptors (Lipinski definition) is 6. The molecule has 0 atom stereocenters. The zero-order valence-corrected chi connectivity index (χ0v) is 14.6. The quantitative estimate of drug-likeness (QED) is 0.604. The van der Waals surface area contributed by atoms with Gasteiger partial charge in [-0.2, -0.15) is 5.10 Å². The number of pyridine rings is 1. The number of rotatable bonds is 4. The fourth-order valence-corrected chi connectivity index (χ4v) is 2.96. The number of aromatic nitrogens is 5. The average molecular weight is 347 g/mol. The van der Waals surface area contributed by atoms with Crippen molar-refractivity contribution in [2.75, 3.05) is 7.11 Å². The van der Waals surface area contributed by atoms with E-state index in [1.165, 1.54) is 0 Å². The van der Waals surface area contributed by atoms with E-state index in [0.717, 1.165) is 33.4 Å². The van der Waals surface area contributed by atoms with Gasteiger partial charge in [0.15, 0.2) is 0 Å². The lowest BCUT2D eigenvalue weighted by molar-refractivity contribution is 0.409. The number of aromatic amines is 1. The van der Waals surface area contributed by atoms with Crippen molar-refractivity contribution in [1.29, 1.82) is 0 Å². The van der Waals surface area contributed by atoms with Crippen molar-refractivity contribution in [3.05, 3.63) is 54.4 Å². The Morgan fingerprint density at radius 3 is 2.58 bits per heavy atom. The smallest absolute Gasteiger partial charge is 0.230 e. The minimum atomic E-state index is 0.487. The predicted octanol–water partition coefficient (Wildman–Crippen LogP) is 3.83. The largest absolute Gasteiger partial charge is 0.496 e. The molecule has 1 aromatic carbocycles. The Bertz CT molecular complexity index is 1070. The molecule has 3 heterocycles. The molecule has 0 spiro atoms. The lowest BCUT2D eigenvalue weighted by atomic mass is 10.0. The van der Waals surface area contributed by atoms with E-state index in [-0.39, 0.29) is 0 Å². The predicted molar refractivity (Wildman–Crippen MR) is 97.5 cm³/mol. The highest BCUT2D eigenvalue weighted by atomic mass is 16.5. The highest BCUT2D eigenvalue weighted by Gasteiger charge is 2.15. The van der Waals surface area contributed by atoms with Crippen molar-refractivity contribution < 1.29 is 9.47 Å². The highest BCUT2D eigenvalue weighted by Crippen LogP contribution is 2.37. The zero-order valence-electron chi connectivity index (χ0n) is 14.6. The van der Waals surface area contributed by atoms with E-state index in [1.807, 2.05) is 38.1 Å². The number of methoxy groups -OCH3 is 1. The summed E-state index contributed by atoms with van der Waals surface area (Å²) in [6.07, 6.45) is 4.93. The van der Waals surface area contributed by atoms with Crippen molar-refractivity contribution in [3.63, 3.8) is 0 Å². The van der Waals surface area contributed by atoms with Crippen LogP contribution in [0, 0.1) is 13.8 Å². The summed E-state index contributed by atoms with van der Waals surface area (Å²) in [5.74, 6) is 1.79. The van der Waals surface area contributed by atoms with Gasteiger partial charge in [0.05, 0.1) is 24.2 Å². The molecular formula is C19H17N5O2. The van der Waals surface area contributed by atoms with E-state index in [4.69, 9.17) is 9.47 Å². The van der Waals surface area contributed by atoms with Crippen LogP contribution < -0.4 is 9.47 Å². The first-order valence-electron chi connectivity index (χ1n) is 8.10. The molecule has 1 N–H and O–H groups in total. The Morgan fingerprint density at radius 1 is 1.00 bits per heavy atom. The summed E-state index contributed by atoms with van der Waals surface area (Å²) in [6, 6.07) is 7.51. The number of nitrogens with zero attached hydrogens (tertiary/aromatic N) is 4. The number of nitrogens with one attached hydrogen (secondary N) is 1. The minimum Gasteiger partial charge on any atom is -0.496 e. The molecule has 0 aliphatic heterocycles. The Morgan fingerprint density at radius 2 is 1.81 bits per heavy atom. The summed E-state index contributed by atoms with van der Waals surface area (Å²) in [4.78, 5) is 12.9. The normalized spacial score (nSPS) is 10.9. The molecule has 0 unspecified atom stereocenters. The maximum atomic E-state index is 5.96. The fourth-order valence-electron chi connectivity index (χ4n) is 2.96. The molecule has 0 aliphatic rings. The number of hydrogen-bond donors (Lipinski definition) is 1. The monoisotopic (exact) mass is 347 g/mol. The van der Waals surface area contributed by atoms with Crippen LogP contribution in [-0.4, -0.2) is 32.3 Å². The summed E-state index contributed by atoms with van der Waals surface area (Å²) in [5, 5.41) is 7.75. The summed E-state index contributed by atoms with van der Waals surface area (Å²) in [6.45, 7) is 3.91. The van der Waals surface area contributed by atoms with Gasteiger partial charge < -0.3 is 9.47 Å². The van der Waals surface area contributed by atoms with Gasteiger partial charge in [-0.1, -0.05) is 0 Å². The molecule has 7 nitrogen and oxygen atoms in total. The van der Waals surface area contributed by atoms with Crippen LogP contribution in [0.4, 0.5) is 0 Å². The van der Waals surface area contributed by atoms with Gasteiger partial charge in [-0.05, 0) is 32.0 Å². The van der Waals surface area contributed by atoms with Gasteiger partial charge in [0, 0.05) is 34.8 Å². The molecule has 0 saturated heterocycles. The average Bonchev–Trinajstić information content (AvgIpc) is 3.12. The van der Waals surface area contributed by atoms with Crippen LogP contribution in [0.3, 0.4) is 0 Å². The molecule has 0 amide bonds. The van der Waals surface area contributed by atoms with E-state index in [9.17, 15) is 0 Å². The number of ether oxygens (including phenoxy) is 2. The van der Waals surface area contributed by atoms with Crippen molar-refractivity contribution in [2.24, 2.45) is 0 Å². The van der Waals surface area contributed by atoms with Gasteiger partial charge in [-0.25, -0.2) is 15.0 Å². The molecule has 130 valence electrons. The second-order valence-electron chi connectivity index (χ2n) is 5.83. The third-order valence-corrected chi connectivity index (χ3v) is 4.22. The molecule has 3 aromatic heterocycles. The van der Waals surface area contributed by atoms with E-state index in [0.29, 0.717) is 17.4 Å². The molecule has 0 radical (unpaired) electrons. The lowest BCUT2D eigenvalue weighted by Gasteiger charge is -2.14. The molecule has 26 heavy (non-hydrogen) atoms. The SMILES string of the molecule is COc1cc(Oc2nccc3[nH]ncc23)ccc1-c1c(C)ncnc1C. The number of aryl methyl sites for hydroxylation is 2. The van der Waals surface area contributed by atoms with E-state index in [1.54, 1.807) is 25.8 Å². The van der Waals surface area contributed by atoms with E-state index >= 15 is 0 Å². The zero-order chi connectivity index (χ0) is 18.1. The third-order valence-electron chi connectivity index (χ3n) is 4.22. The van der Waals surface area contributed by atoms with Crippen molar-refractivity contribution >= 4 is 10.9 Å². The summed E-state index contributed by atoms with van der Waals surface area (Å²) in [7, 11) is 1.63. The van der Waals surface area contributed by atoms with Crippen molar-refractivity contribution in [2.45, 2.75) is 13.8 Å². The third kappa shape index (κ3) is 2.73. The summed E-state index contributed by atoms with van der Waals surface area (Å²) < 4.78 is 11.5. The van der Waals surface area contributed by atoms with E-state index in [2.05, 4.69) is 25.1 Å². The number of H-pyrrole nitrogens is 1. The molecule has 4 rings (SSSR count). The van der Waals surface area contributed by atoms with Gasteiger partial charge in [0.1, 0.15) is 17.8 Å². The topological polar surface area (TPSA) is 85.8 Å². The highest BCUT2D eigenvalue weighted by molar-refractivity contribution is 5.83. The van der Waals surface area contributed by atoms with Crippen LogP contribution >= 0.6 is 0 Å². The molecule has 0 fully saturated rings. The first kappa shape index (κ1) is 16.0. The summed E-state index contributed by atoms with van der Waals surface area (Å²) in [5.41, 5.74) is 4.55. The van der Waals surface area contributed by atoms with Crippen molar-refractivity contribution in [3.8, 4) is 28.5 Å². The van der Waals surface area contributed by atoms with Crippen LogP contribution in [0.25, 0.3) is 22.0 Å². The van der Waals surface area contributed by atoms with Gasteiger partial charge in [0.25, 0.3) is 0 Å². The second-order valence-corrected chi connectivity index (χ2v) is 5.83. The molecule has 4 aromatic rings. The maximum Gasteiger partial charge on any atom is 0.230 e. The van der Waals surface area contributed by atoms with Gasteiger partial charge in [-0.15, -0.1) is 0 Å². The standard InChI is InChI=1S/C19H17N5O2/c1-11-18(12(2)22-10-21-11)14-5-4-13(8-17(14)25-3)26-19-15-9-23-24-16(15)6-7-20-19/h4-10H,1-3H3,(H,23,24). The minimum absolute atomic E-state index is 0.487. The molecule has 7 heteroatoms. The summed E-state index contributed by atoms with van der Waals surface area (Å²) >= 11 is 0. The lowest BCUT2D eigenvalue weighted by Crippen LogP contribution is -1.97. The van der Waals surface area contributed by atoms with Crippen molar-refractivity contribution in [1.82, 2.24) is 25.1 Å². The molecule has 0 aliphatic carbocycles. The Labute approximate surface area is 150 Å². The fraction of sp³-hybridized carbons (Fsp3) is 0.158. The van der Waals surface area contributed by atoms with Crippen LogP contribution in [0.2, 0.25) is 0 Å². The second kappa shape index (κ2) is 6.44. The Kier molecular flexibility index (Phi) is 3.96. The van der Waals surface area contributed by atoms with Crippen LogP contribution in [0.1, 0.15) is 11.4 Å². The van der Waals surface area contributed by atoms with Gasteiger partial charge in [0.2, 0.25) is 5.88 Å². The van der Waals surface area contributed by atoms with Crippen LogP contribution in [0.5, 0.6) is 17.4 Å².